The van der Waals surface area contributed by atoms with Crippen LogP contribution in [-0.2, 0) is 19.1 Å². The molecule has 0 saturated carbocycles. The average molecular weight is 286 g/mol. The number of carbonyl (C=O) groups excluding carboxylic acids is 3. The summed E-state index contributed by atoms with van der Waals surface area (Å²) in [6.07, 6.45) is 2.01. The lowest BCUT2D eigenvalue weighted by Crippen LogP contribution is -2.41. The fraction of sp³-hybridized carbons (Fsp3) is 0.615. The van der Waals surface area contributed by atoms with Gasteiger partial charge in [-0.3, -0.25) is 0 Å². The summed E-state index contributed by atoms with van der Waals surface area (Å²) in [6, 6.07) is -0.201. The molecule has 1 N–H and O–H groups in total. The van der Waals surface area contributed by atoms with Crippen LogP contribution in [0.25, 0.3) is 0 Å². The Morgan fingerprint density at radius 2 is 1.65 bits per heavy atom. The van der Waals surface area contributed by atoms with E-state index in [2.05, 4.69) is 10.1 Å². The second kappa shape index (κ2) is 10.8. The highest BCUT2D eigenvalue weighted by atomic mass is 16.5. The van der Waals surface area contributed by atoms with Crippen LogP contribution in [-0.4, -0.2) is 55.7 Å². The summed E-state index contributed by atoms with van der Waals surface area (Å²) in [5.74, 6) is -1.24. The van der Waals surface area contributed by atoms with Crippen molar-refractivity contribution < 1.29 is 23.9 Å². The van der Waals surface area contributed by atoms with Crippen LogP contribution in [0.5, 0.6) is 0 Å². The predicted molar refractivity (Wildman–Crippen MR) is 73.1 cm³/mol. The second-order valence-corrected chi connectivity index (χ2v) is 3.67. The number of rotatable bonds is 8. The first-order valence-corrected chi connectivity index (χ1v) is 6.59. The second-order valence-electron chi connectivity index (χ2n) is 3.67. The number of urea groups is 1. The van der Waals surface area contributed by atoms with Gasteiger partial charge in [0.2, 0.25) is 0 Å². The summed E-state index contributed by atoms with van der Waals surface area (Å²) >= 11 is 0. The molecular weight excluding hydrogens is 264 g/mol. The van der Waals surface area contributed by atoms with Crippen LogP contribution in [0.1, 0.15) is 20.8 Å². The zero-order valence-electron chi connectivity index (χ0n) is 12.2. The van der Waals surface area contributed by atoms with Crippen molar-refractivity contribution in [2.45, 2.75) is 20.8 Å². The number of esters is 2. The van der Waals surface area contributed by atoms with Gasteiger partial charge in [0.25, 0.3) is 0 Å². The van der Waals surface area contributed by atoms with E-state index >= 15 is 0 Å². The SMILES string of the molecule is CCNC(=O)N(CC)CCOC(=O)/C=C/C(=O)OCC. The number of ether oxygens (including phenoxy) is 2. The summed E-state index contributed by atoms with van der Waals surface area (Å²) in [5, 5.41) is 2.66. The van der Waals surface area contributed by atoms with Crippen molar-refractivity contribution in [3.05, 3.63) is 12.2 Å². The van der Waals surface area contributed by atoms with Crippen molar-refractivity contribution >= 4 is 18.0 Å². The number of carbonyl (C=O) groups is 3. The van der Waals surface area contributed by atoms with Crippen LogP contribution in [0.2, 0.25) is 0 Å². The average Bonchev–Trinajstić information content (AvgIpc) is 2.42. The molecule has 20 heavy (non-hydrogen) atoms. The summed E-state index contributed by atoms with van der Waals surface area (Å²) in [5.41, 5.74) is 0. The van der Waals surface area contributed by atoms with Crippen LogP contribution < -0.4 is 5.32 Å². The van der Waals surface area contributed by atoms with Gasteiger partial charge in [-0.2, -0.15) is 0 Å². The Kier molecular flexibility index (Phi) is 9.72. The highest BCUT2D eigenvalue weighted by Gasteiger charge is 2.10. The fourth-order valence-corrected chi connectivity index (χ4v) is 1.30. The lowest BCUT2D eigenvalue weighted by molar-refractivity contribution is -0.140. The van der Waals surface area contributed by atoms with E-state index in [4.69, 9.17) is 4.74 Å². The van der Waals surface area contributed by atoms with Crippen LogP contribution in [0.15, 0.2) is 12.2 Å². The van der Waals surface area contributed by atoms with Crippen LogP contribution in [0.4, 0.5) is 4.79 Å². The van der Waals surface area contributed by atoms with Gasteiger partial charge in [0.15, 0.2) is 0 Å². The standard InChI is InChI=1S/C13H22N2O5/c1-4-14-13(18)15(5-2)9-10-20-12(17)8-7-11(16)19-6-3/h7-8H,4-6,9-10H2,1-3H3,(H,14,18)/b8-7+. The summed E-state index contributed by atoms with van der Waals surface area (Å²) in [6.45, 7) is 6.99. The van der Waals surface area contributed by atoms with E-state index in [1.807, 2.05) is 13.8 Å². The summed E-state index contributed by atoms with van der Waals surface area (Å²) in [7, 11) is 0. The van der Waals surface area contributed by atoms with Gasteiger partial charge >= 0.3 is 18.0 Å². The smallest absolute Gasteiger partial charge is 0.331 e. The van der Waals surface area contributed by atoms with Crippen LogP contribution in [0, 0.1) is 0 Å². The molecule has 0 aromatic rings. The molecule has 0 aromatic carbocycles. The molecule has 0 radical (unpaired) electrons. The fourth-order valence-electron chi connectivity index (χ4n) is 1.30. The van der Waals surface area contributed by atoms with E-state index < -0.39 is 11.9 Å². The minimum atomic E-state index is -0.648. The highest BCUT2D eigenvalue weighted by Crippen LogP contribution is 1.91. The number of hydrogen-bond donors (Lipinski definition) is 1. The van der Waals surface area contributed by atoms with Gasteiger partial charge in [0, 0.05) is 25.2 Å². The Hall–Kier alpha value is -2.05. The minimum Gasteiger partial charge on any atom is -0.463 e. The van der Waals surface area contributed by atoms with Crippen LogP contribution >= 0.6 is 0 Å². The van der Waals surface area contributed by atoms with Gasteiger partial charge in [-0.05, 0) is 20.8 Å². The molecule has 7 heteroatoms. The zero-order valence-corrected chi connectivity index (χ0v) is 12.2. The molecule has 0 fully saturated rings. The third-order valence-corrected chi connectivity index (χ3v) is 2.24. The normalized spacial score (nSPS) is 10.2. The van der Waals surface area contributed by atoms with Crippen molar-refractivity contribution in [2.75, 3.05) is 32.8 Å². The van der Waals surface area contributed by atoms with E-state index in [1.54, 1.807) is 6.92 Å². The third-order valence-electron chi connectivity index (χ3n) is 2.24. The van der Waals surface area contributed by atoms with Crippen molar-refractivity contribution in [3.8, 4) is 0 Å². The van der Waals surface area contributed by atoms with Gasteiger partial charge in [-0.1, -0.05) is 0 Å². The molecule has 0 heterocycles. The molecule has 0 saturated heterocycles. The lowest BCUT2D eigenvalue weighted by atomic mass is 10.5. The molecule has 114 valence electrons. The highest BCUT2D eigenvalue weighted by molar-refractivity contribution is 5.91. The molecule has 0 aliphatic carbocycles. The maximum Gasteiger partial charge on any atom is 0.331 e. The van der Waals surface area contributed by atoms with E-state index in [1.165, 1.54) is 4.90 Å². The van der Waals surface area contributed by atoms with Crippen molar-refractivity contribution in [1.29, 1.82) is 0 Å². The number of nitrogens with zero attached hydrogens (tertiary/aromatic N) is 1. The van der Waals surface area contributed by atoms with Gasteiger partial charge < -0.3 is 19.7 Å². The number of hydrogen-bond acceptors (Lipinski definition) is 5. The largest absolute Gasteiger partial charge is 0.463 e. The molecule has 0 aliphatic heterocycles. The molecule has 7 nitrogen and oxygen atoms in total. The summed E-state index contributed by atoms with van der Waals surface area (Å²) < 4.78 is 9.49. The Morgan fingerprint density at radius 3 is 2.15 bits per heavy atom. The van der Waals surface area contributed by atoms with E-state index in [0.717, 1.165) is 12.2 Å². The van der Waals surface area contributed by atoms with Gasteiger partial charge in [-0.25, -0.2) is 14.4 Å². The Balaban J connectivity index is 4.00. The molecule has 0 bridgehead atoms. The number of nitrogens with one attached hydrogen (secondary N) is 1. The molecule has 0 spiro atoms. The van der Waals surface area contributed by atoms with Gasteiger partial charge in [-0.15, -0.1) is 0 Å². The van der Waals surface area contributed by atoms with Gasteiger partial charge in [0.1, 0.15) is 6.61 Å². The Bertz CT molecular complexity index is 355. The first-order valence-electron chi connectivity index (χ1n) is 6.59. The zero-order chi connectivity index (χ0) is 15.4. The topological polar surface area (TPSA) is 84.9 Å². The minimum absolute atomic E-state index is 0.0664. The van der Waals surface area contributed by atoms with E-state index in [9.17, 15) is 14.4 Å². The maximum atomic E-state index is 11.5. The summed E-state index contributed by atoms with van der Waals surface area (Å²) in [4.78, 5) is 35.3. The first kappa shape index (κ1) is 17.9. The van der Waals surface area contributed by atoms with Crippen molar-refractivity contribution in [1.82, 2.24) is 10.2 Å². The van der Waals surface area contributed by atoms with Crippen molar-refractivity contribution in [2.24, 2.45) is 0 Å². The maximum absolute atomic E-state index is 11.5. The molecule has 0 atom stereocenters. The van der Waals surface area contributed by atoms with Crippen LogP contribution in [0.3, 0.4) is 0 Å². The molecule has 0 unspecified atom stereocenters. The lowest BCUT2D eigenvalue weighted by Gasteiger charge is -2.20. The van der Waals surface area contributed by atoms with E-state index in [-0.39, 0.29) is 19.2 Å². The third kappa shape index (κ3) is 8.12. The number of amides is 2. The molecule has 0 rings (SSSR count). The van der Waals surface area contributed by atoms with E-state index in [0.29, 0.717) is 19.6 Å². The Morgan fingerprint density at radius 1 is 1.05 bits per heavy atom. The molecule has 0 aromatic heterocycles. The molecule has 0 aliphatic rings. The quantitative estimate of drug-likeness (QED) is 0.524. The Labute approximate surface area is 118 Å². The monoisotopic (exact) mass is 286 g/mol. The first-order chi connectivity index (χ1) is 9.54. The molecule has 2 amide bonds. The van der Waals surface area contributed by atoms with Crippen molar-refractivity contribution in [3.63, 3.8) is 0 Å². The molecular formula is C13H22N2O5. The predicted octanol–water partition coefficient (Wildman–Crippen LogP) is 0.700. The van der Waals surface area contributed by atoms with Gasteiger partial charge in [0.05, 0.1) is 13.2 Å². The number of likely N-dealkylation sites (N-methyl/N-ethyl adjacent to an activating group) is 1.